The number of hydrogen-bond donors (Lipinski definition) is 2. The molecular formula is C15H15FN2O3S. The molecule has 2 aromatic rings. The van der Waals surface area contributed by atoms with E-state index in [0.29, 0.717) is 10.6 Å². The molecule has 0 aliphatic carbocycles. The third-order valence-electron chi connectivity index (χ3n) is 3.26. The Morgan fingerprint density at radius 3 is 2.45 bits per heavy atom. The molecule has 22 heavy (non-hydrogen) atoms. The number of carboxylic acids is 1. The fraction of sp³-hybridized carbons (Fsp3) is 0.267. The van der Waals surface area contributed by atoms with Crippen LogP contribution in [0, 0.1) is 19.7 Å². The molecule has 5 nitrogen and oxygen atoms in total. The Bertz CT molecular complexity index is 678. The predicted octanol–water partition coefficient (Wildman–Crippen LogP) is 2.50. The van der Waals surface area contributed by atoms with E-state index in [9.17, 15) is 19.1 Å². The molecule has 2 rings (SSSR count). The Morgan fingerprint density at radius 2 is 1.95 bits per heavy atom. The lowest BCUT2D eigenvalue weighted by atomic mass is 9.99. The second kappa shape index (κ2) is 6.65. The molecule has 7 heteroatoms. The minimum atomic E-state index is -1.08. The molecule has 0 fully saturated rings. The molecule has 0 aliphatic heterocycles. The SMILES string of the molecule is Cc1nc(C(=O)NCC(C(=O)O)c2ccc(F)cc2)sc1C. The topological polar surface area (TPSA) is 79.3 Å². The van der Waals surface area contributed by atoms with E-state index in [0.717, 1.165) is 10.6 Å². The zero-order valence-corrected chi connectivity index (χ0v) is 12.9. The van der Waals surface area contributed by atoms with E-state index < -0.39 is 23.6 Å². The Morgan fingerprint density at radius 1 is 1.32 bits per heavy atom. The lowest BCUT2D eigenvalue weighted by molar-refractivity contribution is -0.138. The Balaban J connectivity index is 2.07. The summed E-state index contributed by atoms with van der Waals surface area (Å²) in [5, 5.41) is 12.1. The largest absolute Gasteiger partial charge is 0.481 e. The summed E-state index contributed by atoms with van der Waals surface area (Å²) in [6.07, 6.45) is 0. The smallest absolute Gasteiger partial charge is 0.312 e. The van der Waals surface area contributed by atoms with E-state index in [1.165, 1.54) is 35.6 Å². The van der Waals surface area contributed by atoms with Crippen LogP contribution < -0.4 is 5.32 Å². The number of rotatable bonds is 5. The van der Waals surface area contributed by atoms with E-state index in [1.807, 2.05) is 6.92 Å². The molecule has 0 bridgehead atoms. The van der Waals surface area contributed by atoms with E-state index in [-0.39, 0.29) is 6.54 Å². The van der Waals surface area contributed by atoms with Crippen molar-refractivity contribution in [3.8, 4) is 0 Å². The third kappa shape index (κ3) is 3.67. The predicted molar refractivity (Wildman–Crippen MR) is 80.7 cm³/mol. The maximum absolute atomic E-state index is 12.9. The van der Waals surface area contributed by atoms with Crippen LogP contribution in [-0.2, 0) is 4.79 Å². The van der Waals surface area contributed by atoms with Crippen molar-refractivity contribution >= 4 is 23.2 Å². The summed E-state index contributed by atoms with van der Waals surface area (Å²) < 4.78 is 12.9. The molecule has 0 saturated carbocycles. The number of carbonyl (C=O) groups is 2. The minimum absolute atomic E-state index is 0.0858. The number of carbonyl (C=O) groups excluding carboxylic acids is 1. The number of hydrogen-bond acceptors (Lipinski definition) is 4. The molecule has 1 amide bonds. The number of aryl methyl sites for hydroxylation is 2. The average molecular weight is 322 g/mol. The molecule has 116 valence electrons. The molecule has 0 aliphatic rings. The summed E-state index contributed by atoms with van der Waals surface area (Å²) in [6.45, 7) is 3.58. The highest BCUT2D eigenvalue weighted by molar-refractivity contribution is 7.13. The van der Waals surface area contributed by atoms with Gasteiger partial charge < -0.3 is 10.4 Å². The fourth-order valence-corrected chi connectivity index (χ4v) is 2.71. The van der Waals surface area contributed by atoms with Gasteiger partial charge in [-0.25, -0.2) is 9.37 Å². The van der Waals surface area contributed by atoms with Crippen molar-refractivity contribution in [3.63, 3.8) is 0 Å². The van der Waals surface area contributed by atoms with Crippen LogP contribution in [0.2, 0.25) is 0 Å². The molecule has 1 heterocycles. The molecule has 1 unspecified atom stereocenters. The van der Waals surface area contributed by atoms with Crippen molar-refractivity contribution in [2.24, 2.45) is 0 Å². The van der Waals surface area contributed by atoms with Gasteiger partial charge in [-0.2, -0.15) is 0 Å². The van der Waals surface area contributed by atoms with Crippen LogP contribution in [0.25, 0.3) is 0 Å². The Kier molecular flexibility index (Phi) is 4.87. The summed E-state index contributed by atoms with van der Waals surface area (Å²) in [5.74, 6) is -2.87. The first-order valence-electron chi connectivity index (χ1n) is 6.59. The van der Waals surface area contributed by atoms with Crippen LogP contribution in [0.15, 0.2) is 24.3 Å². The summed E-state index contributed by atoms with van der Waals surface area (Å²) in [5.41, 5.74) is 1.21. The number of halogens is 1. The van der Waals surface area contributed by atoms with Crippen LogP contribution >= 0.6 is 11.3 Å². The summed E-state index contributed by atoms with van der Waals surface area (Å²) in [6, 6.07) is 5.19. The van der Waals surface area contributed by atoms with Crippen molar-refractivity contribution in [1.29, 1.82) is 0 Å². The van der Waals surface area contributed by atoms with Gasteiger partial charge in [0, 0.05) is 11.4 Å². The third-order valence-corrected chi connectivity index (χ3v) is 4.33. The molecule has 0 saturated heterocycles. The van der Waals surface area contributed by atoms with Crippen LogP contribution in [0.3, 0.4) is 0 Å². The van der Waals surface area contributed by atoms with Crippen molar-refractivity contribution in [1.82, 2.24) is 10.3 Å². The van der Waals surface area contributed by atoms with E-state index in [1.54, 1.807) is 6.92 Å². The van der Waals surface area contributed by atoms with Gasteiger partial charge >= 0.3 is 5.97 Å². The second-order valence-corrected chi connectivity index (χ2v) is 6.02. The molecular weight excluding hydrogens is 307 g/mol. The standard InChI is InChI=1S/C15H15FN2O3S/c1-8-9(2)22-14(18-8)13(19)17-7-12(15(20)21)10-3-5-11(16)6-4-10/h3-6,12H,7H2,1-2H3,(H,17,19)(H,20,21). The quantitative estimate of drug-likeness (QED) is 0.886. The summed E-state index contributed by atoms with van der Waals surface area (Å²) in [4.78, 5) is 28.4. The lowest BCUT2D eigenvalue weighted by Crippen LogP contribution is -2.31. The van der Waals surface area contributed by atoms with Gasteiger partial charge in [0.25, 0.3) is 5.91 Å². The number of aliphatic carboxylic acids is 1. The first-order valence-corrected chi connectivity index (χ1v) is 7.40. The van der Waals surface area contributed by atoms with E-state index in [4.69, 9.17) is 0 Å². The Hall–Kier alpha value is -2.28. The molecule has 0 radical (unpaired) electrons. The molecule has 0 spiro atoms. The maximum Gasteiger partial charge on any atom is 0.312 e. The number of amides is 1. The highest BCUT2D eigenvalue weighted by Crippen LogP contribution is 2.18. The van der Waals surface area contributed by atoms with Crippen LogP contribution in [-0.4, -0.2) is 28.5 Å². The number of benzene rings is 1. The number of nitrogens with one attached hydrogen (secondary N) is 1. The van der Waals surface area contributed by atoms with Crippen molar-refractivity contribution in [2.45, 2.75) is 19.8 Å². The first kappa shape index (κ1) is 16.1. The summed E-state index contributed by atoms with van der Waals surface area (Å²) in [7, 11) is 0. The first-order chi connectivity index (χ1) is 10.4. The monoisotopic (exact) mass is 322 g/mol. The Labute approximate surface area is 130 Å². The zero-order valence-electron chi connectivity index (χ0n) is 12.1. The van der Waals surface area contributed by atoms with Crippen molar-refractivity contribution < 1.29 is 19.1 Å². The zero-order chi connectivity index (χ0) is 16.3. The van der Waals surface area contributed by atoms with Gasteiger partial charge in [0.15, 0.2) is 5.01 Å². The number of thiazole rings is 1. The summed E-state index contributed by atoms with van der Waals surface area (Å²) >= 11 is 1.26. The van der Waals surface area contributed by atoms with Gasteiger partial charge in [-0.3, -0.25) is 9.59 Å². The number of nitrogens with zero attached hydrogens (tertiary/aromatic N) is 1. The number of carboxylic acid groups (broad SMARTS) is 1. The normalized spacial score (nSPS) is 12.0. The second-order valence-electron chi connectivity index (χ2n) is 4.81. The lowest BCUT2D eigenvalue weighted by Gasteiger charge is -2.13. The average Bonchev–Trinajstić information content (AvgIpc) is 2.80. The van der Waals surface area contributed by atoms with Gasteiger partial charge in [-0.1, -0.05) is 12.1 Å². The van der Waals surface area contributed by atoms with Gasteiger partial charge in [0.2, 0.25) is 0 Å². The van der Waals surface area contributed by atoms with E-state index in [2.05, 4.69) is 10.3 Å². The van der Waals surface area contributed by atoms with Crippen LogP contribution in [0.4, 0.5) is 4.39 Å². The highest BCUT2D eigenvalue weighted by atomic mass is 32.1. The molecule has 2 N–H and O–H groups in total. The van der Waals surface area contributed by atoms with Crippen LogP contribution in [0.5, 0.6) is 0 Å². The highest BCUT2D eigenvalue weighted by Gasteiger charge is 2.22. The molecule has 1 aromatic heterocycles. The fourth-order valence-electron chi connectivity index (χ4n) is 1.88. The van der Waals surface area contributed by atoms with Gasteiger partial charge in [0.05, 0.1) is 11.6 Å². The number of aromatic nitrogens is 1. The molecule has 1 aromatic carbocycles. The van der Waals surface area contributed by atoms with Crippen molar-refractivity contribution in [2.75, 3.05) is 6.54 Å². The van der Waals surface area contributed by atoms with Gasteiger partial charge in [0.1, 0.15) is 5.82 Å². The maximum atomic E-state index is 12.9. The van der Waals surface area contributed by atoms with Crippen LogP contribution in [0.1, 0.15) is 31.9 Å². The van der Waals surface area contributed by atoms with Gasteiger partial charge in [-0.05, 0) is 31.5 Å². The van der Waals surface area contributed by atoms with E-state index >= 15 is 0 Å². The minimum Gasteiger partial charge on any atom is -0.481 e. The van der Waals surface area contributed by atoms with Crippen molar-refractivity contribution in [3.05, 3.63) is 51.2 Å². The molecule has 1 atom stereocenters. The van der Waals surface area contributed by atoms with Gasteiger partial charge in [-0.15, -0.1) is 11.3 Å².